The fourth-order valence-corrected chi connectivity index (χ4v) is 2.70. The van der Waals surface area contributed by atoms with Crippen molar-refractivity contribution in [3.8, 4) is 0 Å². The minimum absolute atomic E-state index is 0.726. The zero-order valence-corrected chi connectivity index (χ0v) is 8.81. The Morgan fingerprint density at radius 1 is 1.38 bits per heavy atom. The van der Waals surface area contributed by atoms with Gasteiger partial charge in [0.1, 0.15) is 6.04 Å². The number of benzene rings is 1. The summed E-state index contributed by atoms with van der Waals surface area (Å²) in [5, 5.41) is 2.47. The zero-order chi connectivity index (χ0) is 9.10. The molecule has 1 fully saturated rings. The molecule has 1 heterocycles. The lowest BCUT2D eigenvalue weighted by molar-refractivity contribution is -0.676. The molecule has 1 aliphatic heterocycles. The van der Waals surface area contributed by atoms with E-state index in [4.69, 9.17) is 0 Å². The van der Waals surface area contributed by atoms with Crippen molar-refractivity contribution in [1.29, 1.82) is 0 Å². The van der Waals surface area contributed by atoms with Crippen LogP contribution in [0.15, 0.2) is 29.2 Å². The molecule has 1 aliphatic rings. The Balaban J connectivity index is 2.26. The molecule has 1 aromatic carbocycles. The molecule has 1 saturated heterocycles. The van der Waals surface area contributed by atoms with E-state index >= 15 is 0 Å². The highest BCUT2D eigenvalue weighted by molar-refractivity contribution is 7.98. The van der Waals surface area contributed by atoms with Gasteiger partial charge in [-0.1, -0.05) is 18.2 Å². The van der Waals surface area contributed by atoms with E-state index in [0.717, 1.165) is 6.04 Å². The van der Waals surface area contributed by atoms with E-state index in [-0.39, 0.29) is 0 Å². The first-order valence-electron chi connectivity index (χ1n) is 4.88. The van der Waals surface area contributed by atoms with Crippen LogP contribution in [0.3, 0.4) is 0 Å². The third-order valence-electron chi connectivity index (χ3n) is 2.71. The summed E-state index contributed by atoms with van der Waals surface area (Å²) in [7, 11) is 0. The van der Waals surface area contributed by atoms with Gasteiger partial charge in [-0.25, -0.2) is 0 Å². The Bertz CT molecular complexity index is 279. The molecular formula is C11H16NS+. The van der Waals surface area contributed by atoms with E-state index in [0.29, 0.717) is 0 Å². The van der Waals surface area contributed by atoms with Gasteiger partial charge in [-0.2, -0.15) is 0 Å². The number of thioether (sulfide) groups is 1. The summed E-state index contributed by atoms with van der Waals surface area (Å²) in [6, 6.07) is 9.51. The monoisotopic (exact) mass is 194 g/mol. The second-order valence-corrected chi connectivity index (χ2v) is 4.36. The lowest BCUT2D eigenvalue weighted by atomic mass is 10.1. The molecule has 2 rings (SSSR count). The first-order chi connectivity index (χ1) is 6.42. The van der Waals surface area contributed by atoms with Crippen molar-refractivity contribution in [3.05, 3.63) is 29.8 Å². The van der Waals surface area contributed by atoms with Crippen LogP contribution in [-0.4, -0.2) is 12.8 Å². The Labute approximate surface area is 83.9 Å². The van der Waals surface area contributed by atoms with Crippen LogP contribution in [0.5, 0.6) is 0 Å². The fraction of sp³-hybridized carbons (Fsp3) is 0.455. The predicted molar refractivity (Wildman–Crippen MR) is 57.0 cm³/mol. The SMILES string of the molecule is CSc1ccccc1[C@H]1CCC[NH2+]1. The summed E-state index contributed by atoms with van der Waals surface area (Å²) in [5.41, 5.74) is 1.53. The normalized spacial score (nSPS) is 22.1. The van der Waals surface area contributed by atoms with Gasteiger partial charge in [-0.15, -0.1) is 11.8 Å². The lowest BCUT2D eigenvalue weighted by Crippen LogP contribution is -2.81. The summed E-state index contributed by atoms with van der Waals surface area (Å²) in [6.07, 6.45) is 4.87. The van der Waals surface area contributed by atoms with Crippen molar-refractivity contribution < 1.29 is 5.32 Å². The van der Waals surface area contributed by atoms with Crippen LogP contribution in [0.4, 0.5) is 0 Å². The molecule has 0 amide bonds. The molecule has 0 saturated carbocycles. The number of rotatable bonds is 2. The van der Waals surface area contributed by atoms with Gasteiger partial charge in [0, 0.05) is 23.3 Å². The van der Waals surface area contributed by atoms with Crippen molar-refractivity contribution >= 4 is 11.8 Å². The standard InChI is InChI=1S/C11H15NS/c1-13-11-7-3-2-5-9(11)10-6-4-8-12-10/h2-3,5,7,10,12H,4,6,8H2,1H3/p+1/t10-/m1/s1. The number of hydrogen-bond acceptors (Lipinski definition) is 1. The summed E-state index contributed by atoms with van der Waals surface area (Å²) in [5.74, 6) is 0. The number of quaternary nitrogens is 1. The average molecular weight is 194 g/mol. The second kappa shape index (κ2) is 4.16. The van der Waals surface area contributed by atoms with Crippen LogP contribution in [0.1, 0.15) is 24.4 Å². The maximum absolute atomic E-state index is 2.47. The molecule has 0 radical (unpaired) electrons. The zero-order valence-electron chi connectivity index (χ0n) is 7.99. The lowest BCUT2D eigenvalue weighted by Gasteiger charge is -2.11. The van der Waals surface area contributed by atoms with Gasteiger partial charge in [0.05, 0.1) is 6.54 Å². The molecular weight excluding hydrogens is 178 g/mol. The molecule has 2 N–H and O–H groups in total. The van der Waals surface area contributed by atoms with Gasteiger partial charge in [0.25, 0.3) is 0 Å². The molecule has 0 spiro atoms. The molecule has 1 atom stereocenters. The van der Waals surface area contributed by atoms with Crippen molar-refractivity contribution in [2.75, 3.05) is 12.8 Å². The van der Waals surface area contributed by atoms with Crippen LogP contribution in [0, 0.1) is 0 Å². The summed E-state index contributed by atoms with van der Waals surface area (Å²) < 4.78 is 0. The van der Waals surface area contributed by atoms with E-state index in [1.807, 2.05) is 11.8 Å². The van der Waals surface area contributed by atoms with Gasteiger partial charge in [0.2, 0.25) is 0 Å². The van der Waals surface area contributed by atoms with E-state index in [2.05, 4.69) is 35.8 Å². The molecule has 2 heteroatoms. The van der Waals surface area contributed by atoms with Gasteiger partial charge >= 0.3 is 0 Å². The molecule has 0 aliphatic carbocycles. The second-order valence-electron chi connectivity index (χ2n) is 3.52. The van der Waals surface area contributed by atoms with Gasteiger partial charge in [-0.3, -0.25) is 0 Å². The largest absolute Gasteiger partial charge is 0.340 e. The van der Waals surface area contributed by atoms with Crippen LogP contribution < -0.4 is 5.32 Å². The Hall–Kier alpha value is -0.470. The molecule has 0 unspecified atom stereocenters. The Morgan fingerprint density at radius 3 is 2.92 bits per heavy atom. The maximum Gasteiger partial charge on any atom is 0.113 e. The van der Waals surface area contributed by atoms with Gasteiger partial charge < -0.3 is 5.32 Å². The smallest absolute Gasteiger partial charge is 0.113 e. The van der Waals surface area contributed by atoms with E-state index in [1.165, 1.54) is 29.8 Å². The quantitative estimate of drug-likeness (QED) is 0.710. The van der Waals surface area contributed by atoms with Crippen LogP contribution in [-0.2, 0) is 0 Å². The fourth-order valence-electron chi connectivity index (χ4n) is 2.03. The predicted octanol–water partition coefficient (Wildman–Crippen LogP) is 1.81. The van der Waals surface area contributed by atoms with Crippen molar-refractivity contribution in [2.45, 2.75) is 23.8 Å². The van der Waals surface area contributed by atoms with E-state index < -0.39 is 0 Å². The summed E-state index contributed by atoms with van der Waals surface area (Å²) in [4.78, 5) is 1.45. The number of hydrogen-bond donors (Lipinski definition) is 1. The third-order valence-corrected chi connectivity index (χ3v) is 3.52. The third kappa shape index (κ3) is 1.89. The average Bonchev–Trinajstić information content (AvgIpc) is 2.70. The highest BCUT2D eigenvalue weighted by atomic mass is 32.2. The molecule has 13 heavy (non-hydrogen) atoms. The molecule has 0 aromatic heterocycles. The highest BCUT2D eigenvalue weighted by Gasteiger charge is 2.22. The van der Waals surface area contributed by atoms with Crippen molar-refractivity contribution in [3.63, 3.8) is 0 Å². The molecule has 1 aromatic rings. The first-order valence-corrected chi connectivity index (χ1v) is 6.10. The molecule has 70 valence electrons. The topological polar surface area (TPSA) is 16.6 Å². The maximum atomic E-state index is 2.47. The van der Waals surface area contributed by atoms with Crippen molar-refractivity contribution in [2.24, 2.45) is 0 Å². The van der Waals surface area contributed by atoms with Crippen LogP contribution in [0.25, 0.3) is 0 Å². The van der Waals surface area contributed by atoms with E-state index in [9.17, 15) is 0 Å². The van der Waals surface area contributed by atoms with Gasteiger partial charge in [-0.05, 0) is 12.3 Å². The Morgan fingerprint density at radius 2 is 2.23 bits per heavy atom. The minimum Gasteiger partial charge on any atom is -0.340 e. The van der Waals surface area contributed by atoms with E-state index in [1.54, 1.807) is 0 Å². The minimum atomic E-state index is 0.726. The van der Waals surface area contributed by atoms with Crippen LogP contribution in [0.2, 0.25) is 0 Å². The van der Waals surface area contributed by atoms with Gasteiger partial charge in [0.15, 0.2) is 0 Å². The number of nitrogens with two attached hydrogens (primary N) is 1. The molecule has 1 nitrogen and oxygen atoms in total. The highest BCUT2D eigenvalue weighted by Crippen LogP contribution is 2.27. The first kappa shape index (κ1) is 9.10. The summed E-state index contributed by atoms with van der Waals surface area (Å²) in [6.45, 7) is 1.30. The molecule has 0 bridgehead atoms. The van der Waals surface area contributed by atoms with Crippen LogP contribution >= 0.6 is 11.8 Å². The summed E-state index contributed by atoms with van der Waals surface area (Å²) >= 11 is 1.86. The Kier molecular flexibility index (Phi) is 2.91. The van der Waals surface area contributed by atoms with Crippen molar-refractivity contribution in [1.82, 2.24) is 0 Å².